The third-order valence-corrected chi connectivity index (χ3v) is 7.49. The third-order valence-electron chi connectivity index (χ3n) is 7.49. The van der Waals surface area contributed by atoms with Crippen molar-refractivity contribution in [2.75, 3.05) is 26.2 Å². The molecule has 1 atom stereocenters. The van der Waals surface area contributed by atoms with Gasteiger partial charge in [-0.2, -0.15) is 0 Å². The van der Waals surface area contributed by atoms with Gasteiger partial charge in [0.1, 0.15) is 6.61 Å². The number of hydrogen-bond acceptors (Lipinski definition) is 9. The summed E-state index contributed by atoms with van der Waals surface area (Å²) in [5.74, 6) is -2.19. The topological polar surface area (TPSA) is 195 Å². The molecule has 0 saturated heterocycles. The molecule has 3 amide bonds. The van der Waals surface area contributed by atoms with E-state index in [4.69, 9.17) is 15.5 Å². The van der Waals surface area contributed by atoms with Crippen LogP contribution in [-0.4, -0.2) is 64.5 Å². The number of pyridine rings is 2. The first kappa shape index (κ1) is 27.9. The lowest BCUT2D eigenvalue weighted by Gasteiger charge is -2.31. The summed E-state index contributed by atoms with van der Waals surface area (Å²) in [6.07, 6.45) is 0.466. The van der Waals surface area contributed by atoms with E-state index < -0.39 is 29.3 Å². The summed E-state index contributed by atoms with van der Waals surface area (Å²) >= 11 is 0. The van der Waals surface area contributed by atoms with Crippen LogP contribution < -0.4 is 27.2 Å². The van der Waals surface area contributed by atoms with E-state index in [1.54, 1.807) is 17.6 Å². The molecule has 4 heterocycles. The van der Waals surface area contributed by atoms with Crippen LogP contribution in [0.4, 0.5) is 0 Å². The molecule has 0 saturated carbocycles. The van der Waals surface area contributed by atoms with Gasteiger partial charge in [-0.3, -0.25) is 19.2 Å². The van der Waals surface area contributed by atoms with Gasteiger partial charge in [-0.05, 0) is 30.5 Å². The number of rotatable bonds is 9. The molecular formula is C28H30N6O7. The van der Waals surface area contributed by atoms with Crippen molar-refractivity contribution in [1.82, 2.24) is 25.5 Å². The number of fused-ring (bicyclic) bond motifs is 5. The first-order valence-electron chi connectivity index (χ1n) is 13.3. The Kier molecular flexibility index (Phi) is 7.56. The molecule has 0 bridgehead atoms. The molecule has 0 aliphatic carbocycles. The Morgan fingerprint density at radius 3 is 2.51 bits per heavy atom. The number of aromatic nitrogens is 2. The van der Waals surface area contributed by atoms with Gasteiger partial charge in [0.25, 0.3) is 5.56 Å². The van der Waals surface area contributed by atoms with Crippen LogP contribution in [0.15, 0.2) is 35.1 Å². The molecule has 0 radical (unpaired) electrons. The predicted octanol–water partition coefficient (Wildman–Crippen LogP) is -1.07. The van der Waals surface area contributed by atoms with E-state index >= 15 is 0 Å². The van der Waals surface area contributed by atoms with E-state index in [0.717, 1.165) is 16.5 Å². The lowest BCUT2D eigenvalue weighted by atomic mass is 9.86. The van der Waals surface area contributed by atoms with Crippen molar-refractivity contribution >= 4 is 34.6 Å². The number of carbonyl (C=O) groups is 4. The SMILES string of the molecule is CC[C@@]1(O)C(=O)OCc2c1cc1n(c2=O)Cc2c-1nc1ccccc1c2CCNC(=O)CNC(=O)CNC(=O)CN. The minimum Gasteiger partial charge on any atom is -0.458 e. The van der Waals surface area contributed by atoms with Crippen molar-refractivity contribution in [2.45, 2.75) is 38.5 Å². The predicted molar refractivity (Wildman–Crippen MR) is 146 cm³/mol. The maximum Gasteiger partial charge on any atom is 0.343 e. The summed E-state index contributed by atoms with van der Waals surface area (Å²) < 4.78 is 6.72. The van der Waals surface area contributed by atoms with Gasteiger partial charge >= 0.3 is 5.97 Å². The second-order valence-electron chi connectivity index (χ2n) is 9.90. The number of nitrogens with zero attached hydrogens (tertiary/aromatic N) is 2. The number of esters is 1. The van der Waals surface area contributed by atoms with Crippen molar-refractivity contribution in [1.29, 1.82) is 0 Å². The summed E-state index contributed by atoms with van der Waals surface area (Å²) in [5.41, 5.74) is 6.90. The van der Waals surface area contributed by atoms with E-state index in [0.29, 0.717) is 23.3 Å². The molecule has 0 unspecified atom stereocenters. The highest BCUT2D eigenvalue weighted by molar-refractivity contribution is 5.90. The standard InChI is InChI=1S/C28H30N6O7/c1-2-28(40)19-9-21-25-17(13-34(21)26(38)18(19)14-41-27(28)39)15(16-5-3-4-6-20(16)33-25)7-8-30-23(36)11-32-24(37)12-31-22(35)10-29/h3-6,9,40H,2,7-8,10-14,29H2,1H3,(H,30,36)(H,31,35)(H,32,37)/t28-/m0/s1. The number of cyclic esters (lactones) is 1. The van der Waals surface area contributed by atoms with Gasteiger partial charge in [0.2, 0.25) is 17.7 Å². The zero-order chi connectivity index (χ0) is 29.3. The normalized spacial score (nSPS) is 16.8. The lowest BCUT2D eigenvalue weighted by Crippen LogP contribution is -2.44. The second kappa shape index (κ2) is 11.1. The van der Waals surface area contributed by atoms with Crippen molar-refractivity contribution in [2.24, 2.45) is 5.73 Å². The van der Waals surface area contributed by atoms with Crippen molar-refractivity contribution in [3.63, 3.8) is 0 Å². The first-order chi connectivity index (χ1) is 19.7. The van der Waals surface area contributed by atoms with Crippen LogP contribution in [0.3, 0.4) is 0 Å². The van der Waals surface area contributed by atoms with E-state index in [-0.39, 0.29) is 62.4 Å². The van der Waals surface area contributed by atoms with E-state index in [2.05, 4.69) is 16.0 Å². The van der Waals surface area contributed by atoms with Gasteiger partial charge in [-0.15, -0.1) is 0 Å². The molecule has 13 nitrogen and oxygen atoms in total. The molecule has 2 aliphatic rings. The fraction of sp³-hybridized carbons (Fsp3) is 0.357. The molecule has 1 aromatic carbocycles. The highest BCUT2D eigenvalue weighted by atomic mass is 16.6. The number of carbonyl (C=O) groups excluding carboxylic acids is 4. The lowest BCUT2D eigenvalue weighted by molar-refractivity contribution is -0.172. The highest BCUT2D eigenvalue weighted by Gasteiger charge is 2.45. The van der Waals surface area contributed by atoms with Crippen LogP contribution in [0.1, 0.15) is 35.6 Å². The Labute approximate surface area is 234 Å². The molecule has 41 heavy (non-hydrogen) atoms. The maximum atomic E-state index is 13.5. The van der Waals surface area contributed by atoms with Gasteiger partial charge < -0.3 is 36.1 Å². The monoisotopic (exact) mass is 562 g/mol. The number of amides is 3. The van der Waals surface area contributed by atoms with E-state index in [1.165, 1.54) is 0 Å². The van der Waals surface area contributed by atoms with Crippen LogP contribution in [0, 0.1) is 0 Å². The van der Waals surface area contributed by atoms with Gasteiger partial charge in [0, 0.05) is 23.1 Å². The Balaban J connectivity index is 1.39. The summed E-state index contributed by atoms with van der Waals surface area (Å²) in [6.45, 7) is 1.14. The minimum absolute atomic E-state index is 0.0491. The zero-order valence-electron chi connectivity index (χ0n) is 22.4. The average molecular weight is 563 g/mol. The first-order valence-corrected chi connectivity index (χ1v) is 13.3. The molecule has 2 aromatic heterocycles. The van der Waals surface area contributed by atoms with Gasteiger partial charge in [-0.25, -0.2) is 9.78 Å². The Hall–Kier alpha value is -4.62. The number of nitrogens with two attached hydrogens (primary N) is 1. The van der Waals surface area contributed by atoms with Gasteiger partial charge in [-0.1, -0.05) is 25.1 Å². The molecule has 13 heteroatoms. The van der Waals surface area contributed by atoms with E-state index in [1.807, 2.05) is 24.3 Å². The summed E-state index contributed by atoms with van der Waals surface area (Å²) in [7, 11) is 0. The zero-order valence-corrected chi connectivity index (χ0v) is 22.4. The van der Waals surface area contributed by atoms with Crippen molar-refractivity contribution in [3.05, 3.63) is 62.9 Å². The number of aliphatic hydroxyl groups is 1. The van der Waals surface area contributed by atoms with Crippen LogP contribution in [-0.2, 0) is 49.1 Å². The van der Waals surface area contributed by atoms with Crippen LogP contribution in [0.5, 0.6) is 0 Å². The smallest absolute Gasteiger partial charge is 0.343 e. The molecule has 2 aliphatic heterocycles. The van der Waals surface area contributed by atoms with Crippen LogP contribution in [0.2, 0.25) is 0 Å². The molecule has 0 spiro atoms. The van der Waals surface area contributed by atoms with Gasteiger partial charge in [0.15, 0.2) is 5.60 Å². The molecule has 0 fully saturated rings. The largest absolute Gasteiger partial charge is 0.458 e. The Morgan fingerprint density at radius 1 is 1.07 bits per heavy atom. The van der Waals surface area contributed by atoms with E-state index in [9.17, 15) is 29.1 Å². The number of nitrogens with one attached hydrogen (secondary N) is 3. The third kappa shape index (κ3) is 5.05. The number of hydrogen-bond donors (Lipinski definition) is 5. The summed E-state index contributed by atoms with van der Waals surface area (Å²) in [6, 6.07) is 9.18. The highest BCUT2D eigenvalue weighted by Crippen LogP contribution is 2.40. The fourth-order valence-electron chi connectivity index (χ4n) is 5.28. The summed E-state index contributed by atoms with van der Waals surface area (Å²) in [5, 5.41) is 19.5. The summed E-state index contributed by atoms with van der Waals surface area (Å²) in [4.78, 5) is 66.2. The van der Waals surface area contributed by atoms with Crippen molar-refractivity contribution in [3.8, 4) is 11.4 Å². The molecule has 214 valence electrons. The maximum absolute atomic E-state index is 13.5. The fourth-order valence-corrected chi connectivity index (χ4v) is 5.28. The Bertz CT molecular complexity index is 1650. The van der Waals surface area contributed by atoms with Crippen LogP contribution in [0.25, 0.3) is 22.3 Å². The number of ether oxygens (including phenoxy) is 1. The number of benzene rings is 1. The van der Waals surface area contributed by atoms with Gasteiger partial charge in [0.05, 0.1) is 48.6 Å². The molecular weight excluding hydrogens is 532 g/mol. The quantitative estimate of drug-likeness (QED) is 0.158. The average Bonchev–Trinajstić information content (AvgIpc) is 3.35. The van der Waals surface area contributed by atoms with Crippen molar-refractivity contribution < 1.29 is 29.0 Å². The Morgan fingerprint density at radius 2 is 1.78 bits per heavy atom. The van der Waals surface area contributed by atoms with Crippen LogP contribution >= 0.6 is 0 Å². The molecule has 6 N–H and O–H groups in total. The minimum atomic E-state index is -1.92. The second-order valence-corrected chi connectivity index (χ2v) is 9.90. The molecule has 5 rings (SSSR count). The molecule has 3 aromatic rings. The number of para-hydroxylation sites is 1.